The molecule has 0 aliphatic heterocycles. The second-order valence-electron chi connectivity index (χ2n) is 2.83. The van der Waals surface area contributed by atoms with Gasteiger partial charge < -0.3 is 4.57 Å². The van der Waals surface area contributed by atoms with Gasteiger partial charge in [-0.3, -0.25) is 0 Å². The van der Waals surface area contributed by atoms with Crippen molar-refractivity contribution in [3.63, 3.8) is 0 Å². The Morgan fingerprint density at radius 3 is 3.00 bits per heavy atom. The van der Waals surface area contributed by atoms with Gasteiger partial charge in [0.1, 0.15) is 0 Å². The Labute approximate surface area is 72.7 Å². The van der Waals surface area contributed by atoms with Crippen LogP contribution < -0.4 is 0 Å². The molecule has 2 nitrogen and oxygen atoms in total. The van der Waals surface area contributed by atoms with Crippen molar-refractivity contribution in [2.24, 2.45) is 0 Å². The van der Waals surface area contributed by atoms with Gasteiger partial charge in [0.05, 0.1) is 12.5 Å². The summed E-state index contributed by atoms with van der Waals surface area (Å²) < 4.78 is 2.01. The fourth-order valence-electron chi connectivity index (χ4n) is 1.01. The summed E-state index contributed by atoms with van der Waals surface area (Å²) in [6.45, 7) is 6.58. The molecule has 0 fully saturated rings. The van der Waals surface area contributed by atoms with Gasteiger partial charge in [0.25, 0.3) is 0 Å². The van der Waals surface area contributed by atoms with Crippen LogP contribution in [-0.2, 0) is 6.54 Å². The zero-order valence-corrected chi connectivity index (χ0v) is 7.25. The average molecular weight is 160 g/mol. The molecule has 0 N–H and O–H groups in total. The van der Waals surface area contributed by atoms with Crippen LogP contribution in [0.25, 0.3) is 5.57 Å². The first-order valence-electron chi connectivity index (χ1n) is 3.92. The highest BCUT2D eigenvalue weighted by Crippen LogP contribution is 2.11. The van der Waals surface area contributed by atoms with E-state index in [1.54, 1.807) is 0 Å². The van der Waals surface area contributed by atoms with Gasteiger partial charge in [-0.15, -0.1) is 0 Å². The van der Waals surface area contributed by atoms with Crippen LogP contribution in [0.1, 0.15) is 18.9 Å². The summed E-state index contributed by atoms with van der Waals surface area (Å²) >= 11 is 0. The normalized spacial score (nSPS) is 9.33. The van der Waals surface area contributed by atoms with Crippen LogP contribution in [0.2, 0.25) is 0 Å². The Hall–Kier alpha value is -1.49. The van der Waals surface area contributed by atoms with Crippen molar-refractivity contribution in [3.05, 3.63) is 30.6 Å². The first-order chi connectivity index (χ1) is 5.74. The minimum absolute atomic E-state index is 0.560. The third-order valence-corrected chi connectivity index (χ3v) is 1.73. The number of hydrogen-bond acceptors (Lipinski definition) is 1. The lowest BCUT2D eigenvalue weighted by Crippen LogP contribution is -1.91. The predicted octanol–water partition coefficient (Wildman–Crippen LogP) is 2.43. The molecule has 0 aliphatic rings. The molecule has 0 amide bonds. The molecule has 2 heteroatoms. The van der Waals surface area contributed by atoms with Gasteiger partial charge in [0.2, 0.25) is 0 Å². The predicted molar refractivity (Wildman–Crippen MR) is 49.4 cm³/mol. The third kappa shape index (κ3) is 2.00. The Morgan fingerprint density at radius 2 is 2.50 bits per heavy atom. The lowest BCUT2D eigenvalue weighted by molar-refractivity contribution is 0.720. The molecule has 0 radical (unpaired) electrons. The topological polar surface area (TPSA) is 28.7 Å². The minimum Gasteiger partial charge on any atom is -0.353 e. The first kappa shape index (κ1) is 8.61. The van der Waals surface area contributed by atoms with Gasteiger partial charge in [-0.1, -0.05) is 6.58 Å². The van der Waals surface area contributed by atoms with Crippen molar-refractivity contribution in [1.82, 2.24) is 4.57 Å². The van der Waals surface area contributed by atoms with Crippen LogP contribution in [-0.4, -0.2) is 4.57 Å². The third-order valence-electron chi connectivity index (χ3n) is 1.73. The van der Waals surface area contributed by atoms with E-state index in [0.29, 0.717) is 6.42 Å². The molecule has 1 aromatic rings. The van der Waals surface area contributed by atoms with Gasteiger partial charge in [-0.25, -0.2) is 0 Å². The number of allylic oxidation sites excluding steroid dienone is 1. The summed E-state index contributed by atoms with van der Waals surface area (Å²) in [6, 6.07) is 4.13. The van der Waals surface area contributed by atoms with E-state index < -0.39 is 0 Å². The van der Waals surface area contributed by atoms with E-state index in [9.17, 15) is 0 Å². The van der Waals surface area contributed by atoms with E-state index >= 15 is 0 Å². The second kappa shape index (κ2) is 3.77. The maximum absolute atomic E-state index is 8.36. The Morgan fingerprint density at radius 1 is 1.75 bits per heavy atom. The van der Waals surface area contributed by atoms with Crippen molar-refractivity contribution >= 4 is 5.57 Å². The highest BCUT2D eigenvalue weighted by Gasteiger charge is 1.95. The molecule has 0 unspecified atom stereocenters. The van der Waals surface area contributed by atoms with E-state index in [1.807, 2.05) is 30.0 Å². The molecule has 0 aliphatic carbocycles. The molecule has 0 bridgehead atoms. The molecule has 62 valence electrons. The lowest BCUT2D eigenvalue weighted by atomic mass is 10.2. The van der Waals surface area contributed by atoms with Crippen molar-refractivity contribution in [1.29, 1.82) is 5.26 Å². The Kier molecular flexibility index (Phi) is 2.71. The molecular weight excluding hydrogens is 148 g/mol. The number of aromatic nitrogens is 1. The number of aryl methyl sites for hydroxylation is 1. The zero-order valence-electron chi connectivity index (χ0n) is 7.25. The minimum atomic E-state index is 0.560. The summed E-state index contributed by atoms with van der Waals surface area (Å²) in [4.78, 5) is 0. The van der Waals surface area contributed by atoms with E-state index in [0.717, 1.165) is 17.7 Å². The van der Waals surface area contributed by atoms with Gasteiger partial charge in [0, 0.05) is 18.9 Å². The smallest absolute Gasteiger partial charge is 0.0640 e. The molecule has 0 saturated heterocycles. The Bertz CT molecular complexity index is 315. The summed E-state index contributed by atoms with van der Waals surface area (Å²) in [6.07, 6.45) is 4.55. The van der Waals surface area contributed by atoms with Gasteiger partial charge in [-0.2, -0.15) is 5.26 Å². The van der Waals surface area contributed by atoms with Crippen LogP contribution in [0, 0.1) is 11.3 Å². The SMILES string of the molecule is C=C(C)c1ccn(CCC#N)c1. The molecule has 0 saturated carbocycles. The van der Waals surface area contributed by atoms with E-state index in [2.05, 4.69) is 12.6 Å². The van der Waals surface area contributed by atoms with Crippen molar-refractivity contribution < 1.29 is 0 Å². The van der Waals surface area contributed by atoms with Crippen molar-refractivity contribution in [2.45, 2.75) is 19.9 Å². The number of hydrogen-bond donors (Lipinski definition) is 0. The highest BCUT2D eigenvalue weighted by molar-refractivity contribution is 5.60. The molecule has 0 spiro atoms. The first-order valence-corrected chi connectivity index (χ1v) is 3.92. The van der Waals surface area contributed by atoms with Crippen LogP contribution >= 0.6 is 0 Å². The fourth-order valence-corrected chi connectivity index (χ4v) is 1.01. The van der Waals surface area contributed by atoms with Crippen LogP contribution in [0.5, 0.6) is 0 Å². The second-order valence-corrected chi connectivity index (χ2v) is 2.83. The maximum Gasteiger partial charge on any atom is 0.0640 e. The monoisotopic (exact) mass is 160 g/mol. The average Bonchev–Trinajstić information content (AvgIpc) is 2.48. The summed E-state index contributed by atoms with van der Waals surface area (Å²) in [5.74, 6) is 0. The fraction of sp³-hybridized carbons (Fsp3) is 0.300. The zero-order chi connectivity index (χ0) is 8.97. The van der Waals surface area contributed by atoms with Gasteiger partial charge in [0.15, 0.2) is 0 Å². The summed E-state index contributed by atoms with van der Waals surface area (Å²) in [5.41, 5.74) is 2.21. The maximum atomic E-state index is 8.36. The largest absolute Gasteiger partial charge is 0.353 e. The summed E-state index contributed by atoms with van der Waals surface area (Å²) in [5, 5.41) is 8.36. The molecule has 1 rings (SSSR count). The lowest BCUT2D eigenvalue weighted by Gasteiger charge is -1.96. The van der Waals surface area contributed by atoms with Gasteiger partial charge >= 0.3 is 0 Å². The Balaban J connectivity index is 2.66. The van der Waals surface area contributed by atoms with E-state index in [1.165, 1.54) is 0 Å². The van der Waals surface area contributed by atoms with Gasteiger partial charge in [-0.05, 0) is 24.1 Å². The quantitative estimate of drug-likeness (QED) is 0.667. The highest BCUT2D eigenvalue weighted by atomic mass is 14.9. The number of rotatable bonds is 3. The standard InChI is InChI=1S/C10H12N2/c1-9(2)10-4-7-12(8-10)6-3-5-11/h4,7-8H,1,3,6H2,2H3. The molecular formula is C10H12N2. The van der Waals surface area contributed by atoms with E-state index in [4.69, 9.17) is 5.26 Å². The number of nitriles is 1. The molecule has 1 aromatic heterocycles. The molecule has 12 heavy (non-hydrogen) atoms. The van der Waals surface area contributed by atoms with Crippen molar-refractivity contribution in [2.75, 3.05) is 0 Å². The summed E-state index contributed by atoms with van der Waals surface area (Å²) in [7, 11) is 0. The number of nitrogens with zero attached hydrogens (tertiary/aromatic N) is 2. The van der Waals surface area contributed by atoms with Crippen LogP contribution in [0.4, 0.5) is 0 Å². The molecule has 1 heterocycles. The van der Waals surface area contributed by atoms with Crippen LogP contribution in [0.3, 0.4) is 0 Å². The van der Waals surface area contributed by atoms with E-state index in [-0.39, 0.29) is 0 Å². The molecule has 0 atom stereocenters. The molecule has 0 aromatic carbocycles. The van der Waals surface area contributed by atoms with Crippen molar-refractivity contribution in [3.8, 4) is 6.07 Å². The van der Waals surface area contributed by atoms with Crippen LogP contribution in [0.15, 0.2) is 25.0 Å².